The second-order valence-corrected chi connectivity index (χ2v) is 6.37. The molecule has 1 spiro atoms. The zero-order valence-corrected chi connectivity index (χ0v) is 13.7. The van der Waals surface area contributed by atoms with Crippen molar-refractivity contribution in [3.63, 3.8) is 0 Å². The van der Waals surface area contributed by atoms with E-state index in [0.29, 0.717) is 0 Å². The maximum Gasteiger partial charge on any atom is 0.123 e. The second-order valence-electron chi connectivity index (χ2n) is 6.37. The minimum atomic E-state index is -0.0513. The Balaban J connectivity index is 1.62. The van der Waals surface area contributed by atoms with E-state index in [4.69, 9.17) is 14.2 Å². The van der Waals surface area contributed by atoms with Crippen LogP contribution >= 0.6 is 0 Å². The van der Waals surface area contributed by atoms with Gasteiger partial charge in [0.2, 0.25) is 0 Å². The molecule has 1 aromatic rings. The van der Waals surface area contributed by atoms with E-state index in [-0.39, 0.29) is 11.7 Å². The van der Waals surface area contributed by atoms with Crippen molar-refractivity contribution in [3.8, 4) is 5.75 Å². The molecule has 0 radical (unpaired) electrons. The third kappa shape index (κ3) is 3.14. The maximum absolute atomic E-state index is 6.18. The fourth-order valence-corrected chi connectivity index (χ4v) is 3.86. The molecule has 0 bridgehead atoms. The Bertz CT molecular complexity index is 483. The van der Waals surface area contributed by atoms with Crippen molar-refractivity contribution in [1.82, 2.24) is 4.90 Å². The summed E-state index contributed by atoms with van der Waals surface area (Å²) in [5, 5.41) is 0. The van der Waals surface area contributed by atoms with E-state index < -0.39 is 0 Å². The van der Waals surface area contributed by atoms with Crippen molar-refractivity contribution in [2.24, 2.45) is 0 Å². The summed E-state index contributed by atoms with van der Waals surface area (Å²) in [5.41, 5.74) is 1.21. The van der Waals surface area contributed by atoms with E-state index in [0.717, 1.165) is 57.7 Å². The Morgan fingerprint density at radius 1 is 1.23 bits per heavy atom. The number of para-hydroxylation sites is 1. The number of hydrogen-bond acceptors (Lipinski definition) is 4. The highest BCUT2D eigenvalue weighted by Crippen LogP contribution is 2.37. The van der Waals surface area contributed by atoms with Crippen LogP contribution in [-0.4, -0.2) is 50.5 Å². The molecule has 4 nitrogen and oxygen atoms in total. The van der Waals surface area contributed by atoms with Crippen molar-refractivity contribution in [2.45, 2.75) is 43.9 Å². The lowest BCUT2D eigenvalue weighted by molar-refractivity contribution is -0.186. The molecular weight excluding hydrogens is 278 g/mol. The largest absolute Gasteiger partial charge is 0.496 e. The predicted molar refractivity (Wildman–Crippen MR) is 86.2 cm³/mol. The molecular formula is C18H27NO3. The quantitative estimate of drug-likeness (QED) is 0.856. The molecule has 2 aliphatic rings. The van der Waals surface area contributed by atoms with Gasteiger partial charge in [0.25, 0.3) is 0 Å². The van der Waals surface area contributed by atoms with Crippen molar-refractivity contribution in [3.05, 3.63) is 29.8 Å². The SMILES string of the molecule is COc1ccccc1CN1CCC2(CC1)OCCC[C@H]2OC. The smallest absolute Gasteiger partial charge is 0.123 e. The van der Waals surface area contributed by atoms with Gasteiger partial charge < -0.3 is 14.2 Å². The zero-order valence-electron chi connectivity index (χ0n) is 13.7. The van der Waals surface area contributed by atoms with Crippen LogP contribution < -0.4 is 4.74 Å². The van der Waals surface area contributed by atoms with Crippen LogP contribution in [-0.2, 0) is 16.0 Å². The van der Waals surface area contributed by atoms with Crippen LogP contribution in [0.1, 0.15) is 31.2 Å². The molecule has 0 unspecified atom stereocenters. The molecule has 0 aromatic heterocycles. The predicted octanol–water partition coefficient (Wildman–Crippen LogP) is 2.86. The monoisotopic (exact) mass is 305 g/mol. The van der Waals surface area contributed by atoms with E-state index in [1.54, 1.807) is 7.11 Å². The summed E-state index contributed by atoms with van der Waals surface area (Å²) in [5.74, 6) is 0.978. The van der Waals surface area contributed by atoms with Gasteiger partial charge in [0.1, 0.15) is 5.75 Å². The number of benzene rings is 1. The van der Waals surface area contributed by atoms with E-state index in [1.165, 1.54) is 5.56 Å². The maximum atomic E-state index is 6.18. The number of methoxy groups -OCH3 is 2. The second kappa shape index (κ2) is 6.99. The first-order valence-corrected chi connectivity index (χ1v) is 8.28. The summed E-state index contributed by atoms with van der Waals surface area (Å²) in [6, 6.07) is 8.28. The van der Waals surface area contributed by atoms with Gasteiger partial charge in [-0.15, -0.1) is 0 Å². The van der Waals surface area contributed by atoms with Crippen LogP contribution in [0.5, 0.6) is 5.75 Å². The van der Waals surface area contributed by atoms with Gasteiger partial charge in [-0.1, -0.05) is 18.2 Å². The summed E-state index contributed by atoms with van der Waals surface area (Å²) in [4.78, 5) is 2.49. The molecule has 1 atom stereocenters. The minimum Gasteiger partial charge on any atom is -0.496 e. The number of rotatable bonds is 4. The molecule has 0 amide bonds. The fraction of sp³-hybridized carbons (Fsp3) is 0.667. The number of piperidine rings is 1. The molecule has 0 N–H and O–H groups in total. The Morgan fingerprint density at radius 3 is 2.73 bits per heavy atom. The standard InChI is InChI=1S/C18H27NO3/c1-20-16-7-4-3-6-15(16)14-19-11-9-18(10-12-19)17(21-2)8-5-13-22-18/h3-4,6-7,17H,5,8-14H2,1-2H3/t17-/m1/s1. The summed E-state index contributed by atoms with van der Waals surface area (Å²) in [7, 11) is 3.56. The van der Waals surface area contributed by atoms with Gasteiger partial charge in [0, 0.05) is 38.9 Å². The van der Waals surface area contributed by atoms with Crippen molar-refractivity contribution in [1.29, 1.82) is 0 Å². The summed E-state index contributed by atoms with van der Waals surface area (Å²) in [6.45, 7) is 3.93. The molecule has 122 valence electrons. The summed E-state index contributed by atoms with van der Waals surface area (Å²) in [6.07, 6.45) is 4.62. The fourth-order valence-electron chi connectivity index (χ4n) is 3.86. The number of hydrogen-bond donors (Lipinski definition) is 0. The van der Waals surface area contributed by atoms with E-state index in [9.17, 15) is 0 Å². The molecule has 3 rings (SSSR count). The molecule has 0 saturated carbocycles. The molecule has 1 aromatic carbocycles. The van der Waals surface area contributed by atoms with Gasteiger partial charge in [-0.3, -0.25) is 4.90 Å². The summed E-state index contributed by atoms with van der Waals surface area (Å²) >= 11 is 0. The highest BCUT2D eigenvalue weighted by Gasteiger charge is 2.44. The van der Waals surface area contributed by atoms with Gasteiger partial charge in [0.15, 0.2) is 0 Å². The van der Waals surface area contributed by atoms with Crippen LogP contribution in [0.4, 0.5) is 0 Å². The lowest BCUT2D eigenvalue weighted by Crippen LogP contribution is -2.55. The highest BCUT2D eigenvalue weighted by molar-refractivity contribution is 5.33. The number of likely N-dealkylation sites (tertiary alicyclic amines) is 1. The van der Waals surface area contributed by atoms with Gasteiger partial charge >= 0.3 is 0 Å². The molecule has 2 aliphatic heterocycles. The Labute approximate surface area is 133 Å². The average molecular weight is 305 g/mol. The van der Waals surface area contributed by atoms with E-state index in [2.05, 4.69) is 17.0 Å². The number of nitrogens with zero attached hydrogens (tertiary/aromatic N) is 1. The normalized spacial score (nSPS) is 25.3. The number of ether oxygens (including phenoxy) is 3. The van der Waals surface area contributed by atoms with Crippen molar-refractivity contribution >= 4 is 0 Å². The lowest BCUT2D eigenvalue weighted by atomic mass is 9.81. The first-order valence-electron chi connectivity index (χ1n) is 8.28. The highest BCUT2D eigenvalue weighted by atomic mass is 16.5. The molecule has 2 heterocycles. The third-order valence-corrected chi connectivity index (χ3v) is 5.16. The molecule has 2 fully saturated rings. The first kappa shape index (κ1) is 15.8. The van der Waals surface area contributed by atoms with E-state index in [1.807, 2.05) is 19.2 Å². The Morgan fingerprint density at radius 2 is 2.00 bits per heavy atom. The van der Waals surface area contributed by atoms with Gasteiger partial charge in [-0.05, 0) is 31.7 Å². The molecule has 4 heteroatoms. The van der Waals surface area contributed by atoms with Crippen molar-refractivity contribution < 1.29 is 14.2 Å². The topological polar surface area (TPSA) is 30.9 Å². The molecule has 0 aliphatic carbocycles. The average Bonchev–Trinajstić information content (AvgIpc) is 2.58. The van der Waals surface area contributed by atoms with E-state index >= 15 is 0 Å². The van der Waals surface area contributed by atoms with Gasteiger partial charge in [-0.25, -0.2) is 0 Å². The Hall–Kier alpha value is -1.10. The Kier molecular flexibility index (Phi) is 5.01. The third-order valence-electron chi connectivity index (χ3n) is 5.16. The summed E-state index contributed by atoms with van der Waals surface area (Å²) < 4.78 is 17.3. The van der Waals surface area contributed by atoms with Crippen LogP contribution in [0, 0.1) is 0 Å². The van der Waals surface area contributed by atoms with Crippen LogP contribution in [0.25, 0.3) is 0 Å². The first-order chi connectivity index (χ1) is 10.8. The van der Waals surface area contributed by atoms with Gasteiger partial charge in [0.05, 0.1) is 18.8 Å². The lowest BCUT2D eigenvalue weighted by Gasteiger charge is -2.48. The van der Waals surface area contributed by atoms with Crippen LogP contribution in [0.15, 0.2) is 24.3 Å². The molecule has 2 saturated heterocycles. The van der Waals surface area contributed by atoms with Crippen LogP contribution in [0.2, 0.25) is 0 Å². The minimum absolute atomic E-state index is 0.0513. The van der Waals surface area contributed by atoms with Crippen molar-refractivity contribution in [2.75, 3.05) is 33.9 Å². The molecule has 22 heavy (non-hydrogen) atoms. The van der Waals surface area contributed by atoms with Crippen LogP contribution in [0.3, 0.4) is 0 Å². The zero-order chi connectivity index (χ0) is 15.4. The van der Waals surface area contributed by atoms with Gasteiger partial charge in [-0.2, -0.15) is 0 Å².